The number of hydrogen-bond donors (Lipinski definition) is 2. The third kappa shape index (κ3) is 6.41. The molecular weight excluding hydrogens is 466 g/mol. The molecule has 1 amide bonds. The molecule has 10 heteroatoms. The summed E-state index contributed by atoms with van der Waals surface area (Å²) in [5.41, 5.74) is 4.12. The number of rotatable bonds is 8. The number of anilines is 1. The van der Waals surface area contributed by atoms with Gasteiger partial charge in [-0.1, -0.05) is 41.9 Å². The number of nitrogens with one attached hydrogen (secondary N) is 1. The molecule has 33 heavy (non-hydrogen) atoms. The number of hydrogen-bond acceptors (Lipinski definition) is 5. The number of hydrazone groups is 1. The highest BCUT2D eigenvalue weighted by Crippen LogP contribution is 2.22. The molecule has 0 unspecified atom stereocenters. The molecule has 0 aliphatic rings. The Hall–Kier alpha value is -3.69. The van der Waals surface area contributed by atoms with E-state index in [1.165, 1.54) is 40.9 Å². The Bertz CT molecular complexity index is 1290. The first-order valence-corrected chi connectivity index (χ1v) is 11.9. The van der Waals surface area contributed by atoms with E-state index < -0.39 is 21.9 Å². The molecule has 0 aliphatic heterocycles. The van der Waals surface area contributed by atoms with Crippen LogP contribution in [0.1, 0.15) is 31.8 Å². The van der Waals surface area contributed by atoms with Gasteiger partial charge < -0.3 is 5.11 Å². The normalized spacial score (nSPS) is 11.3. The van der Waals surface area contributed by atoms with Gasteiger partial charge in [-0.05, 0) is 48.0 Å². The summed E-state index contributed by atoms with van der Waals surface area (Å²) >= 11 is 5.89. The second kappa shape index (κ2) is 10.3. The minimum absolute atomic E-state index is 0.0569. The van der Waals surface area contributed by atoms with Crippen molar-refractivity contribution in [2.75, 3.05) is 10.6 Å². The van der Waals surface area contributed by atoms with Crippen molar-refractivity contribution < 1.29 is 23.1 Å². The zero-order chi connectivity index (χ0) is 24.0. The van der Waals surface area contributed by atoms with Gasteiger partial charge in [0.2, 0.25) is 10.0 Å². The van der Waals surface area contributed by atoms with E-state index >= 15 is 0 Å². The van der Waals surface area contributed by atoms with E-state index in [-0.39, 0.29) is 17.7 Å². The first-order valence-electron chi connectivity index (χ1n) is 9.63. The third-order valence-corrected chi connectivity index (χ3v) is 6.01. The zero-order valence-electron chi connectivity index (χ0n) is 17.5. The van der Waals surface area contributed by atoms with E-state index in [4.69, 9.17) is 11.6 Å². The van der Waals surface area contributed by atoms with Crippen LogP contribution in [0.25, 0.3) is 0 Å². The lowest BCUT2D eigenvalue weighted by Crippen LogP contribution is -2.29. The Kier molecular flexibility index (Phi) is 7.47. The lowest BCUT2D eigenvalue weighted by Gasteiger charge is -2.22. The number of sulfonamides is 1. The minimum Gasteiger partial charge on any atom is -0.478 e. The molecular formula is C23H20ClN3O5S. The van der Waals surface area contributed by atoms with E-state index in [0.29, 0.717) is 16.3 Å². The average Bonchev–Trinajstić information content (AvgIpc) is 2.78. The zero-order valence-corrected chi connectivity index (χ0v) is 19.0. The van der Waals surface area contributed by atoms with Gasteiger partial charge >= 0.3 is 5.97 Å². The summed E-state index contributed by atoms with van der Waals surface area (Å²) in [6.45, 7) is 0.106. The van der Waals surface area contributed by atoms with Crippen LogP contribution >= 0.6 is 11.6 Å². The molecule has 2 N–H and O–H groups in total. The number of nitrogens with zero attached hydrogens (tertiary/aromatic N) is 2. The number of carboxylic acids is 1. The summed E-state index contributed by atoms with van der Waals surface area (Å²) in [4.78, 5) is 23.6. The molecule has 3 aromatic rings. The van der Waals surface area contributed by atoms with Gasteiger partial charge in [0.25, 0.3) is 5.91 Å². The van der Waals surface area contributed by atoms with Crippen molar-refractivity contribution in [1.29, 1.82) is 0 Å². The third-order valence-electron chi connectivity index (χ3n) is 4.62. The van der Waals surface area contributed by atoms with Crippen LogP contribution in [-0.2, 0) is 16.6 Å². The number of carbonyl (C=O) groups excluding carboxylic acids is 1. The Morgan fingerprint density at radius 3 is 2.27 bits per heavy atom. The monoisotopic (exact) mass is 485 g/mol. The summed E-state index contributed by atoms with van der Waals surface area (Å²) < 4.78 is 25.9. The van der Waals surface area contributed by atoms with Gasteiger partial charge in [0.15, 0.2) is 0 Å². The molecule has 0 heterocycles. The van der Waals surface area contributed by atoms with E-state index in [9.17, 15) is 23.1 Å². The van der Waals surface area contributed by atoms with E-state index in [1.807, 2.05) is 0 Å². The maximum absolute atomic E-state index is 12.4. The molecule has 0 atom stereocenters. The van der Waals surface area contributed by atoms with Crippen molar-refractivity contribution in [3.63, 3.8) is 0 Å². The fourth-order valence-electron chi connectivity index (χ4n) is 2.96. The molecule has 0 saturated carbocycles. The van der Waals surface area contributed by atoms with Gasteiger partial charge in [-0.25, -0.2) is 18.6 Å². The van der Waals surface area contributed by atoms with Crippen molar-refractivity contribution in [1.82, 2.24) is 5.43 Å². The summed E-state index contributed by atoms with van der Waals surface area (Å²) in [6.07, 6.45) is 2.35. The number of benzene rings is 3. The Morgan fingerprint density at radius 2 is 1.67 bits per heavy atom. The fraction of sp³-hybridized carbons (Fsp3) is 0.0870. The highest BCUT2D eigenvalue weighted by atomic mass is 35.5. The second-order valence-corrected chi connectivity index (χ2v) is 9.38. The molecule has 170 valence electrons. The number of amides is 1. The largest absolute Gasteiger partial charge is 0.478 e. The van der Waals surface area contributed by atoms with Crippen LogP contribution in [0.5, 0.6) is 0 Å². The summed E-state index contributed by atoms with van der Waals surface area (Å²) in [7, 11) is -3.59. The molecule has 0 radical (unpaired) electrons. The Balaban J connectivity index is 1.73. The first-order chi connectivity index (χ1) is 15.6. The number of aromatic carboxylic acids is 1. The van der Waals surface area contributed by atoms with Crippen LogP contribution < -0.4 is 9.73 Å². The van der Waals surface area contributed by atoms with Gasteiger partial charge in [0.05, 0.1) is 30.3 Å². The maximum atomic E-state index is 12.4. The number of carbonyl (C=O) groups is 2. The number of halogens is 1. The second-order valence-electron chi connectivity index (χ2n) is 7.03. The van der Waals surface area contributed by atoms with Gasteiger partial charge in [0, 0.05) is 16.1 Å². The Labute approximate surface area is 196 Å². The van der Waals surface area contributed by atoms with Crippen molar-refractivity contribution in [2.45, 2.75) is 6.54 Å². The SMILES string of the molecule is CS(=O)(=O)N(Cc1ccc(Cl)cc1)c1ccc(C(=O)N/N=C\c2ccccc2C(=O)O)cc1. The van der Waals surface area contributed by atoms with Crippen molar-refractivity contribution in [2.24, 2.45) is 5.10 Å². The number of carboxylic acid groups (broad SMARTS) is 1. The maximum Gasteiger partial charge on any atom is 0.336 e. The topological polar surface area (TPSA) is 116 Å². The molecule has 0 bridgehead atoms. The molecule has 0 aliphatic carbocycles. The quantitative estimate of drug-likeness (QED) is 0.372. The van der Waals surface area contributed by atoms with Gasteiger partial charge in [-0.3, -0.25) is 9.10 Å². The molecule has 8 nitrogen and oxygen atoms in total. The van der Waals surface area contributed by atoms with Gasteiger partial charge in [-0.15, -0.1) is 0 Å². The van der Waals surface area contributed by atoms with Crippen LogP contribution in [0.3, 0.4) is 0 Å². The Morgan fingerprint density at radius 1 is 1.03 bits per heavy atom. The van der Waals surface area contributed by atoms with Crippen molar-refractivity contribution >= 4 is 45.4 Å². The highest BCUT2D eigenvalue weighted by molar-refractivity contribution is 7.92. The molecule has 0 spiro atoms. The molecule has 0 aromatic heterocycles. The van der Waals surface area contributed by atoms with Crippen molar-refractivity contribution in [3.05, 3.63) is 100 Å². The average molecular weight is 486 g/mol. The smallest absolute Gasteiger partial charge is 0.336 e. The van der Waals surface area contributed by atoms with Gasteiger partial charge in [0.1, 0.15) is 0 Å². The molecule has 0 saturated heterocycles. The fourth-order valence-corrected chi connectivity index (χ4v) is 3.98. The van der Waals surface area contributed by atoms with Crippen LogP contribution in [0.2, 0.25) is 5.02 Å². The minimum atomic E-state index is -3.59. The van der Waals surface area contributed by atoms with Crippen LogP contribution in [-0.4, -0.2) is 37.9 Å². The van der Waals surface area contributed by atoms with Crippen LogP contribution in [0.15, 0.2) is 77.9 Å². The van der Waals surface area contributed by atoms with E-state index in [0.717, 1.165) is 11.8 Å². The molecule has 0 fully saturated rings. The lowest BCUT2D eigenvalue weighted by molar-refractivity contribution is 0.0696. The van der Waals surface area contributed by atoms with E-state index in [2.05, 4.69) is 10.5 Å². The predicted molar refractivity (Wildman–Crippen MR) is 127 cm³/mol. The molecule has 3 aromatic carbocycles. The summed E-state index contributed by atoms with van der Waals surface area (Å²) in [5.74, 6) is -1.64. The molecule has 3 rings (SSSR count). The van der Waals surface area contributed by atoms with Crippen LogP contribution in [0, 0.1) is 0 Å². The van der Waals surface area contributed by atoms with Gasteiger partial charge in [-0.2, -0.15) is 5.10 Å². The predicted octanol–water partition coefficient (Wildman–Crippen LogP) is 3.77. The summed E-state index contributed by atoms with van der Waals surface area (Å²) in [6, 6.07) is 19.1. The first kappa shape index (κ1) is 24.0. The van der Waals surface area contributed by atoms with Crippen LogP contribution in [0.4, 0.5) is 5.69 Å². The standard InChI is InChI=1S/C23H20ClN3O5S/c1-33(31,32)27(15-16-6-10-19(24)11-7-16)20-12-8-17(9-13-20)22(28)26-25-14-18-4-2-3-5-21(18)23(29)30/h2-14H,15H2,1H3,(H,26,28)(H,29,30)/b25-14-. The summed E-state index contributed by atoms with van der Waals surface area (Å²) in [5, 5.41) is 13.5. The highest BCUT2D eigenvalue weighted by Gasteiger charge is 2.18. The lowest BCUT2D eigenvalue weighted by atomic mass is 10.1. The van der Waals surface area contributed by atoms with E-state index in [1.54, 1.807) is 42.5 Å². The van der Waals surface area contributed by atoms with Crippen molar-refractivity contribution in [3.8, 4) is 0 Å².